The zero-order valence-electron chi connectivity index (χ0n) is 18.0. The summed E-state index contributed by atoms with van der Waals surface area (Å²) >= 11 is 0. The molecule has 0 saturated carbocycles. The molecule has 1 heterocycles. The number of fused-ring (bicyclic) bond motifs is 1. The molecule has 1 aromatic carbocycles. The van der Waals surface area contributed by atoms with Crippen molar-refractivity contribution in [1.29, 1.82) is 0 Å². The van der Waals surface area contributed by atoms with Crippen LogP contribution in [0.15, 0.2) is 24.3 Å². The summed E-state index contributed by atoms with van der Waals surface area (Å²) in [5.74, 6) is -0.315. The number of ether oxygens (including phenoxy) is 1. The molecule has 2 aliphatic rings. The van der Waals surface area contributed by atoms with Crippen molar-refractivity contribution in [3.8, 4) is 0 Å². The number of esters is 1. The van der Waals surface area contributed by atoms with Gasteiger partial charge in [0, 0.05) is 5.41 Å². The lowest BCUT2D eigenvalue weighted by molar-refractivity contribution is -0.170. The number of hydrogen-bond acceptors (Lipinski definition) is 4. The first kappa shape index (κ1) is 21.5. The van der Waals surface area contributed by atoms with Gasteiger partial charge in [0.15, 0.2) is 5.54 Å². The molecule has 0 bridgehead atoms. The largest absolute Gasteiger partial charge is 0.458 e. The monoisotopic (exact) mass is 406 g/mol. The second kappa shape index (κ2) is 7.22. The molecule has 1 spiro atoms. The quantitative estimate of drug-likeness (QED) is 0.757. The van der Waals surface area contributed by atoms with E-state index in [4.69, 9.17) is 4.74 Å². The zero-order valence-corrected chi connectivity index (χ0v) is 18.8. The Hall–Kier alpha value is -1.24. The van der Waals surface area contributed by atoms with Gasteiger partial charge in [0.2, 0.25) is 0 Å². The molecular weight excluding hydrogens is 372 g/mol. The van der Waals surface area contributed by atoms with Crippen LogP contribution in [0.4, 0.5) is 0 Å². The maximum atomic E-state index is 13.8. The predicted molar refractivity (Wildman–Crippen MR) is 113 cm³/mol. The molecule has 0 unspecified atom stereocenters. The minimum Gasteiger partial charge on any atom is -0.458 e. The third kappa shape index (κ3) is 3.66. The molecule has 3 rings (SSSR count). The first-order valence-corrected chi connectivity index (χ1v) is 11.3. The molecule has 2 atom stereocenters. The fourth-order valence-electron chi connectivity index (χ4n) is 4.46. The molecule has 6 heteroatoms. The van der Waals surface area contributed by atoms with Crippen LogP contribution in [-0.4, -0.2) is 33.6 Å². The van der Waals surface area contributed by atoms with Gasteiger partial charge in [-0.1, -0.05) is 24.3 Å². The van der Waals surface area contributed by atoms with Crippen molar-refractivity contribution in [3.05, 3.63) is 35.4 Å². The van der Waals surface area contributed by atoms with E-state index in [1.165, 1.54) is 0 Å². The average molecular weight is 407 g/mol. The molecule has 0 aromatic heterocycles. The van der Waals surface area contributed by atoms with Crippen LogP contribution in [0, 0.1) is 5.41 Å². The van der Waals surface area contributed by atoms with E-state index in [-0.39, 0.29) is 11.4 Å². The predicted octanol–water partition coefficient (Wildman–Crippen LogP) is 3.20. The van der Waals surface area contributed by atoms with Gasteiger partial charge in [0.1, 0.15) is 5.60 Å². The third-order valence-electron chi connectivity index (χ3n) is 5.81. The fourth-order valence-corrected chi connectivity index (χ4v) is 5.45. The highest BCUT2D eigenvalue weighted by Gasteiger charge is 2.64. The number of hydrogen-bond donors (Lipinski definition) is 2. The average Bonchev–Trinajstić information content (AvgIpc) is 2.83. The van der Waals surface area contributed by atoms with Crippen LogP contribution in [-0.2, 0) is 32.5 Å². The van der Waals surface area contributed by atoms with E-state index in [1.807, 2.05) is 59.7 Å². The summed E-state index contributed by atoms with van der Waals surface area (Å²) in [5.41, 5.74) is -0.0273. The van der Waals surface area contributed by atoms with Crippen molar-refractivity contribution in [2.45, 2.75) is 76.7 Å². The van der Waals surface area contributed by atoms with Crippen LogP contribution in [0.5, 0.6) is 0 Å². The summed E-state index contributed by atoms with van der Waals surface area (Å²) in [6.45, 7) is 13.1. The molecular formula is C22H34N2O3S. The van der Waals surface area contributed by atoms with E-state index >= 15 is 0 Å². The SMILES string of the molecule is CC(C)(C)OC(=O)[C@@]1(N[S@](=O)C(C)(C)C)c2ccccc2CC12CCNCC2. The van der Waals surface area contributed by atoms with Crippen molar-refractivity contribution in [3.63, 3.8) is 0 Å². The second-order valence-electron chi connectivity index (χ2n) is 10.1. The Morgan fingerprint density at radius 3 is 2.29 bits per heavy atom. The molecule has 1 saturated heterocycles. The smallest absolute Gasteiger partial charge is 0.333 e. The first-order chi connectivity index (χ1) is 12.9. The van der Waals surface area contributed by atoms with E-state index in [1.54, 1.807) is 0 Å². The van der Waals surface area contributed by atoms with Gasteiger partial charge in [-0.15, -0.1) is 0 Å². The Morgan fingerprint density at radius 1 is 1.11 bits per heavy atom. The van der Waals surface area contributed by atoms with E-state index in [0.29, 0.717) is 0 Å². The van der Waals surface area contributed by atoms with Gasteiger partial charge in [-0.05, 0) is 85.0 Å². The number of rotatable bonds is 3. The molecule has 1 fully saturated rings. The maximum absolute atomic E-state index is 13.8. The molecule has 5 nitrogen and oxygen atoms in total. The molecule has 2 N–H and O–H groups in total. The molecule has 1 aliphatic carbocycles. The Bertz CT molecular complexity index is 773. The minimum absolute atomic E-state index is 0.315. The molecule has 156 valence electrons. The number of carbonyl (C=O) groups excluding carboxylic acids is 1. The normalized spacial score (nSPS) is 25.4. The maximum Gasteiger partial charge on any atom is 0.333 e. The topological polar surface area (TPSA) is 67.4 Å². The van der Waals surface area contributed by atoms with Gasteiger partial charge in [-0.3, -0.25) is 0 Å². The summed E-state index contributed by atoms with van der Waals surface area (Å²) in [5, 5.41) is 3.42. The van der Waals surface area contributed by atoms with E-state index in [0.717, 1.165) is 43.5 Å². The molecule has 1 aliphatic heterocycles. The number of nitrogens with one attached hydrogen (secondary N) is 2. The van der Waals surface area contributed by atoms with Gasteiger partial charge >= 0.3 is 5.97 Å². The van der Waals surface area contributed by atoms with Crippen LogP contribution >= 0.6 is 0 Å². The van der Waals surface area contributed by atoms with Gasteiger partial charge in [0.05, 0.1) is 15.7 Å². The van der Waals surface area contributed by atoms with Crippen molar-refractivity contribution < 1.29 is 13.7 Å². The number of piperidine rings is 1. The molecule has 1 aromatic rings. The van der Waals surface area contributed by atoms with Gasteiger partial charge in [-0.25, -0.2) is 13.7 Å². The Balaban J connectivity index is 2.21. The van der Waals surface area contributed by atoms with Crippen LogP contribution < -0.4 is 10.0 Å². The third-order valence-corrected chi connectivity index (χ3v) is 7.42. The highest BCUT2D eigenvalue weighted by molar-refractivity contribution is 7.84. The first-order valence-electron chi connectivity index (χ1n) is 10.1. The summed E-state index contributed by atoms with van der Waals surface area (Å²) in [6, 6.07) is 8.06. The van der Waals surface area contributed by atoms with Crippen molar-refractivity contribution in [2.75, 3.05) is 13.1 Å². The summed E-state index contributed by atoms with van der Waals surface area (Å²) in [4.78, 5) is 13.8. The number of benzene rings is 1. The van der Waals surface area contributed by atoms with Crippen LogP contribution in [0.3, 0.4) is 0 Å². The summed E-state index contributed by atoms with van der Waals surface area (Å²) < 4.78 is 22.1. The highest BCUT2D eigenvalue weighted by Crippen LogP contribution is 2.56. The van der Waals surface area contributed by atoms with E-state index < -0.39 is 26.9 Å². The molecule has 0 radical (unpaired) electrons. The van der Waals surface area contributed by atoms with Gasteiger partial charge in [0.25, 0.3) is 0 Å². The zero-order chi connectivity index (χ0) is 20.8. The lowest BCUT2D eigenvalue weighted by Crippen LogP contribution is -2.64. The summed E-state index contributed by atoms with van der Waals surface area (Å²) in [7, 11) is -1.42. The molecule has 0 amide bonds. The van der Waals surface area contributed by atoms with Crippen LogP contribution in [0.2, 0.25) is 0 Å². The fraction of sp³-hybridized carbons (Fsp3) is 0.682. The lowest BCUT2D eigenvalue weighted by Gasteiger charge is -2.48. The summed E-state index contributed by atoms with van der Waals surface area (Å²) in [6.07, 6.45) is 2.45. The Kier molecular flexibility index (Phi) is 5.54. The van der Waals surface area contributed by atoms with E-state index in [9.17, 15) is 9.00 Å². The van der Waals surface area contributed by atoms with Crippen LogP contribution in [0.1, 0.15) is 65.5 Å². The lowest BCUT2D eigenvalue weighted by atomic mass is 9.65. The van der Waals surface area contributed by atoms with E-state index in [2.05, 4.69) is 16.1 Å². The molecule has 28 heavy (non-hydrogen) atoms. The van der Waals surface area contributed by atoms with Gasteiger partial charge in [-0.2, -0.15) is 0 Å². The van der Waals surface area contributed by atoms with Gasteiger partial charge < -0.3 is 10.1 Å². The number of carbonyl (C=O) groups is 1. The van der Waals surface area contributed by atoms with Crippen molar-refractivity contribution in [1.82, 2.24) is 10.0 Å². The Labute approximate surface area is 171 Å². The van der Waals surface area contributed by atoms with Crippen molar-refractivity contribution in [2.24, 2.45) is 5.41 Å². The minimum atomic E-state index is -1.42. The second-order valence-corrected chi connectivity index (χ2v) is 12.1. The van der Waals surface area contributed by atoms with Crippen molar-refractivity contribution >= 4 is 17.0 Å². The van der Waals surface area contributed by atoms with Crippen LogP contribution in [0.25, 0.3) is 0 Å². The standard InChI is InChI=1S/C22H34N2O3S/c1-19(2,3)27-18(25)22(24-28(26)20(4,5)6)17-10-8-7-9-16(17)15-21(22)11-13-23-14-12-21/h7-10,23-24H,11-15H2,1-6H3/t22-,28+/m0/s1. The Morgan fingerprint density at radius 2 is 1.71 bits per heavy atom. The highest BCUT2D eigenvalue weighted by atomic mass is 32.2.